The number of nitrogens with zero attached hydrogens (tertiary/aromatic N) is 3. The van der Waals surface area contributed by atoms with Crippen molar-refractivity contribution in [2.45, 2.75) is 39.8 Å². The molecule has 0 fully saturated rings. The van der Waals surface area contributed by atoms with Crippen molar-refractivity contribution < 1.29 is 14.3 Å². The Bertz CT molecular complexity index is 650. The van der Waals surface area contributed by atoms with Crippen LogP contribution in [-0.4, -0.2) is 33.7 Å². The van der Waals surface area contributed by atoms with E-state index < -0.39 is 5.97 Å². The summed E-state index contributed by atoms with van der Waals surface area (Å²) >= 11 is 0. The lowest BCUT2D eigenvalue weighted by atomic mass is 10.2. The van der Waals surface area contributed by atoms with Crippen molar-refractivity contribution in [3.8, 4) is 5.75 Å². The molecule has 0 saturated heterocycles. The Morgan fingerprint density at radius 1 is 1.30 bits per heavy atom. The van der Waals surface area contributed by atoms with Crippen molar-refractivity contribution in [3.63, 3.8) is 0 Å². The van der Waals surface area contributed by atoms with Gasteiger partial charge in [-0.25, -0.2) is 9.48 Å². The van der Waals surface area contributed by atoms with Crippen molar-refractivity contribution in [1.82, 2.24) is 15.0 Å². The van der Waals surface area contributed by atoms with Gasteiger partial charge in [-0.15, -0.1) is 5.10 Å². The second-order valence-electron chi connectivity index (χ2n) is 5.52. The molecule has 0 amide bonds. The molecule has 0 unspecified atom stereocenters. The zero-order valence-electron chi connectivity index (χ0n) is 13.7. The summed E-state index contributed by atoms with van der Waals surface area (Å²) in [6.07, 6.45) is 0.468. The van der Waals surface area contributed by atoms with E-state index in [1.165, 1.54) is 10.2 Å². The Kier molecular flexibility index (Phi) is 5.56. The fourth-order valence-corrected chi connectivity index (χ4v) is 1.94. The number of rotatable bonds is 7. The molecule has 2 rings (SSSR count). The Morgan fingerprint density at radius 3 is 2.65 bits per heavy atom. The first-order chi connectivity index (χ1) is 11.0. The number of hydrogen-bond acceptors (Lipinski definition) is 6. The van der Waals surface area contributed by atoms with Crippen LogP contribution in [0.5, 0.6) is 5.75 Å². The summed E-state index contributed by atoms with van der Waals surface area (Å²) in [7, 11) is 0. The van der Waals surface area contributed by atoms with Crippen molar-refractivity contribution >= 4 is 11.8 Å². The fraction of sp³-hybridized carbons (Fsp3) is 0.438. The van der Waals surface area contributed by atoms with Crippen molar-refractivity contribution in [3.05, 3.63) is 35.5 Å². The van der Waals surface area contributed by atoms with Crippen LogP contribution in [0.2, 0.25) is 0 Å². The first kappa shape index (κ1) is 16.8. The number of carbonyl (C=O) groups is 1. The molecule has 7 nitrogen and oxygen atoms in total. The van der Waals surface area contributed by atoms with Crippen LogP contribution < -0.4 is 10.5 Å². The van der Waals surface area contributed by atoms with E-state index in [1.54, 1.807) is 13.8 Å². The number of esters is 1. The molecule has 1 heterocycles. The minimum atomic E-state index is -0.556. The lowest BCUT2D eigenvalue weighted by Gasteiger charge is -2.08. The van der Waals surface area contributed by atoms with Gasteiger partial charge in [0.1, 0.15) is 5.75 Å². The maximum Gasteiger partial charge on any atom is 0.363 e. The molecule has 0 bridgehead atoms. The predicted molar refractivity (Wildman–Crippen MR) is 86.3 cm³/mol. The maximum absolute atomic E-state index is 11.8. The number of aryl methyl sites for hydroxylation is 2. The van der Waals surface area contributed by atoms with Crippen LogP contribution in [0.3, 0.4) is 0 Å². The molecule has 0 radical (unpaired) electrons. The zero-order chi connectivity index (χ0) is 16.8. The predicted octanol–water partition coefficient (Wildman–Crippen LogP) is 2.20. The Morgan fingerprint density at radius 2 is 2.00 bits per heavy atom. The Labute approximate surface area is 135 Å². The van der Waals surface area contributed by atoms with E-state index in [0.29, 0.717) is 19.6 Å². The van der Waals surface area contributed by atoms with E-state index in [1.807, 2.05) is 31.2 Å². The molecular formula is C16H22N4O3. The summed E-state index contributed by atoms with van der Waals surface area (Å²) in [4.78, 5) is 11.8. The summed E-state index contributed by atoms with van der Waals surface area (Å²) in [5, 5.41) is 7.67. The van der Waals surface area contributed by atoms with Crippen LogP contribution in [0, 0.1) is 6.92 Å². The summed E-state index contributed by atoms with van der Waals surface area (Å²) in [6, 6.07) is 7.85. The largest absolute Gasteiger partial charge is 0.494 e. The standard InChI is InChI=1S/C16H22N4O3/c1-11(2)23-16(21)14-15(17)20(19-18-14)9-4-10-22-13-7-5-12(3)6-8-13/h5-8,11H,4,9-10,17H2,1-3H3. The molecule has 0 aliphatic heterocycles. The van der Waals surface area contributed by atoms with Crippen LogP contribution >= 0.6 is 0 Å². The number of aromatic nitrogens is 3. The van der Waals surface area contributed by atoms with Gasteiger partial charge in [0.25, 0.3) is 0 Å². The average molecular weight is 318 g/mol. The topological polar surface area (TPSA) is 92.3 Å². The number of ether oxygens (including phenoxy) is 2. The quantitative estimate of drug-likeness (QED) is 0.621. The first-order valence-electron chi connectivity index (χ1n) is 7.56. The normalized spacial score (nSPS) is 10.8. The Hall–Kier alpha value is -2.57. The van der Waals surface area contributed by atoms with Gasteiger partial charge < -0.3 is 15.2 Å². The van der Waals surface area contributed by atoms with Gasteiger partial charge in [0.05, 0.1) is 12.7 Å². The van der Waals surface area contributed by atoms with Crippen LogP contribution in [-0.2, 0) is 11.3 Å². The highest BCUT2D eigenvalue weighted by Crippen LogP contribution is 2.13. The van der Waals surface area contributed by atoms with Gasteiger partial charge in [0.2, 0.25) is 5.69 Å². The molecule has 0 saturated carbocycles. The molecule has 1 aromatic heterocycles. The van der Waals surface area contributed by atoms with E-state index >= 15 is 0 Å². The van der Waals surface area contributed by atoms with E-state index in [-0.39, 0.29) is 17.6 Å². The minimum Gasteiger partial charge on any atom is -0.494 e. The molecule has 2 aromatic rings. The Balaban J connectivity index is 1.83. The van der Waals surface area contributed by atoms with Gasteiger partial charge in [-0.1, -0.05) is 22.9 Å². The van der Waals surface area contributed by atoms with Gasteiger partial charge in [-0.3, -0.25) is 0 Å². The van der Waals surface area contributed by atoms with Crippen molar-refractivity contribution in [1.29, 1.82) is 0 Å². The SMILES string of the molecule is Cc1ccc(OCCCn2nnc(C(=O)OC(C)C)c2N)cc1. The highest BCUT2D eigenvalue weighted by atomic mass is 16.5. The third kappa shape index (κ3) is 4.70. The van der Waals surface area contributed by atoms with E-state index in [2.05, 4.69) is 10.3 Å². The molecule has 1 aromatic carbocycles. The van der Waals surface area contributed by atoms with Gasteiger partial charge in [-0.05, 0) is 32.9 Å². The second-order valence-corrected chi connectivity index (χ2v) is 5.52. The maximum atomic E-state index is 11.8. The first-order valence-corrected chi connectivity index (χ1v) is 7.56. The number of carbonyl (C=O) groups excluding carboxylic acids is 1. The van der Waals surface area contributed by atoms with Crippen LogP contribution in [0.25, 0.3) is 0 Å². The van der Waals surface area contributed by atoms with Crippen LogP contribution in [0.15, 0.2) is 24.3 Å². The summed E-state index contributed by atoms with van der Waals surface area (Å²) in [6.45, 7) is 6.59. The number of hydrogen-bond donors (Lipinski definition) is 1. The number of anilines is 1. The lowest BCUT2D eigenvalue weighted by Crippen LogP contribution is -2.14. The lowest BCUT2D eigenvalue weighted by molar-refractivity contribution is 0.0372. The van der Waals surface area contributed by atoms with E-state index in [4.69, 9.17) is 15.2 Å². The summed E-state index contributed by atoms with van der Waals surface area (Å²) in [5.41, 5.74) is 7.13. The summed E-state index contributed by atoms with van der Waals surface area (Å²) < 4.78 is 12.2. The van der Waals surface area contributed by atoms with Gasteiger partial charge in [0.15, 0.2) is 5.82 Å². The third-order valence-electron chi connectivity index (χ3n) is 3.11. The average Bonchev–Trinajstić information content (AvgIpc) is 2.86. The molecule has 124 valence electrons. The molecular weight excluding hydrogens is 296 g/mol. The molecule has 0 spiro atoms. The number of nitrogens with two attached hydrogens (primary N) is 1. The molecule has 0 aliphatic rings. The highest BCUT2D eigenvalue weighted by molar-refractivity contribution is 5.91. The molecule has 7 heteroatoms. The monoisotopic (exact) mass is 318 g/mol. The zero-order valence-corrected chi connectivity index (χ0v) is 13.7. The highest BCUT2D eigenvalue weighted by Gasteiger charge is 2.19. The molecule has 0 aliphatic carbocycles. The molecule has 23 heavy (non-hydrogen) atoms. The van der Waals surface area contributed by atoms with Crippen LogP contribution in [0.1, 0.15) is 36.3 Å². The smallest absolute Gasteiger partial charge is 0.363 e. The van der Waals surface area contributed by atoms with E-state index in [9.17, 15) is 4.79 Å². The minimum absolute atomic E-state index is 0.0538. The number of nitrogen functional groups attached to an aromatic ring is 1. The molecule has 0 atom stereocenters. The number of benzene rings is 1. The van der Waals surface area contributed by atoms with Crippen LogP contribution in [0.4, 0.5) is 5.82 Å². The molecule has 2 N–H and O–H groups in total. The third-order valence-corrected chi connectivity index (χ3v) is 3.11. The van der Waals surface area contributed by atoms with Gasteiger partial charge in [0, 0.05) is 13.0 Å². The fourth-order valence-electron chi connectivity index (χ4n) is 1.94. The van der Waals surface area contributed by atoms with Gasteiger partial charge >= 0.3 is 5.97 Å². The van der Waals surface area contributed by atoms with E-state index in [0.717, 1.165) is 5.75 Å². The second kappa shape index (κ2) is 7.62. The van der Waals surface area contributed by atoms with Crippen molar-refractivity contribution in [2.75, 3.05) is 12.3 Å². The van der Waals surface area contributed by atoms with Crippen molar-refractivity contribution in [2.24, 2.45) is 0 Å². The van der Waals surface area contributed by atoms with Gasteiger partial charge in [-0.2, -0.15) is 0 Å². The summed E-state index contributed by atoms with van der Waals surface area (Å²) in [5.74, 6) is 0.481.